The van der Waals surface area contributed by atoms with E-state index in [9.17, 15) is 14.4 Å². The minimum atomic E-state index is -1.29. The average Bonchev–Trinajstić information content (AvgIpc) is 2.35. The first-order valence-electron chi connectivity index (χ1n) is 5.97. The van der Waals surface area contributed by atoms with Crippen LogP contribution < -0.4 is 10.9 Å². The van der Waals surface area contributed by atoms with Crippen molar-refractivity contribution < 1.29 is 14.7 Å². The quantitative estimate of drug-likeness (QED) is 0.624. The number of aromatic carboxylic acids is 1. The fourth-order valence-corrected chi connectivity index (χ4v) is 1.38. The number of carboxylic acids is 1. The number of H-pyrrole nitrogens is 1. The summed E-state index contributed by atoms with van der Waals surface area (Å²) in [5.74, 6) is -1.57. The molecule has 1 aromatic heterocycles. The fraction of sp³-hybridized carbons (Fsp3) is 0.308. The maximum Gasteiger partial charge on any atom is 0.341 e. The van der Waals surface area contributed by atoms with Gasteiger partial charge in [0.1, 0.15) is 5.56 Å². The molecule has 20 heavy (non-hydrogen) atoms. The van der Waals surface area contributed by atoms with Gasteiger partial charge >= 0.3 is 5.97 Å². The van der Waals surface area contributed by atoms with Crippen LogP contribution in [0.4, 0.5) is 0 Å². The van der Waals surface area contributed by atoms with Gasteiger partial charge in [-0.25, -0.2) is 4.79 Å². The summed E-state index contributed by atoms with van der Waals surface area (Å²) in [6.07, 6.45) is 2.69. The first kappa shape index (κ1) is 15.6. The number of hydrogen-bond donors (Lipinski definition) is 3. The minimum Gasteiger partial charge on any atom is -0.477 e. The van der Waals surface area contributed by atoms with Crippen molar-refractivity contribution in [1.29, 1.82) is 0 Å². The highest BCUT2D eigenvalue weighted by Gasteiger charge is 2.07. The monoisotopic (exact) mass is 279 g/mol. The van der Waals surface area contributed by atoms with Gasteiger partial charge in [-0.15, -0.1) is 0 Å². The van der Waals surface area contributed by atoms with Gasteiger partial charge in [0.05, 0.1) is 0 Å². The van der Waals surface area contributed by atoms with E-state index in [0.29, 0.717) is 12.2 Å². The van der Waals surface area contributed by atoms with Gasteiger partial charge in [0.15, 0.2) is 0 Å². The van der Waals surface area contributed by atoms with Crippen LogP contribution in [0.5, 0.6) is 0 Å². The Balaban J connectivity index is 2.62. The maximum atomic E-state index is 11.5. The van der Waals surface area contributed by atoms with Crippen molar-refractivity contribution in [2.45, 2.75) is 0 Å². The number of aromatic nitrogens is 1. The molecule has 7 nitrogen and oxygen atoms in total. The molecule has 1 heterocycles. The molecule has 0 radical (unpaired) electrons. The predicted molar refractivity (Wildman–Crippen MR) is 74.6 cm³/mol. The number of nitrogens with zero attached hydrogens (tertiary/aromatic N) is 1. The normalized spacial score (nSPS) is 10.9. The van der Waals surface area contributed by atoms with E-state index in [1.165, 1.54) is 24.3 Å². The van der Waals surface area contributed by atoms with Crippen molar-refractivity contribution in [3.63, 3.8) is 0 Å². The van der Waals surface area contributed by atoms with Crippen LogP contribution in [0.2, 0.25) is 0 Å². The van der Waals surface area contributed by atoms with Gasteiger partial charge in [0, 0.05) is 24.9 Å². The topological polar surface area (TPSA) is 102 Å². The summed E-state index contributed by atoms with van der Waals surface area (Å²) in [4.78, 5) is 37.8. The zero-order chi connectivity index (χ0) is 15.1. The summed E-state index contributed by atoms with van der Waals surface area (Å²) in [6.45, 7) is 1.24. The van der Waals surface area contributed by atoms with Gasteiger partial charge in [-0.2, -0.15) is 0 Å². The number of hydrogen-bond acceptors (Lipinski definition) is 4. The zero-order valence-electron chi connectivity index (χ0n) is 11.3. The number of nitrogens with one attached hydrogen (secondary N) is 2. The van der Waals surface area contributed by atoms with E-state index < -0.39 is 11.5 Å². The largest absolute Gasteiger partial charge is 0.477 e. The molecule has 0 aliphatic heterocycles. The van der Waals surface area contributed by atoms with E-state index >= 15 is 0 Å². The highest BCUT2D eigenvalue weighted by atomic mass is 16.4. The Labute approximate surface area is 115 Å². The summed E-state index contributed by atoms with van der Waals surface area (Å²) in [6, 6.07) is 2.62. The van der Waals surface area contributed by atoms with Crippen LogP contribution in [0.1, 0.15) is 16.1 Å². The Bertz CT molecular complexity index is 575. The molecule has 0 atom stereocenters. The van der Waals surface area contributed by atoms with Crippen LogP contribution in [0, 0.1) is 0 Å². The second-order valence-corrected chi connectivity index (χ2v) is 4.39. The Hall–Kier alpha value is -2.41. The van der Waals surface area contributed by atoms with Crippen molar-refractivity contribution in [3.8, 4) is 0 Å². The average molecular weight is 279 g/mol. The van der Waals surface area contributed by atoms with E-state index in [4.69, 9.17) is 5.11 Å². The van der Waals surface area contributed by atoms with E-state index in [0.717, 1.165) is 6.54 Å². The second kappa shape index (κ2) is 7.25. The number of amides is 1. The third-order valence-corrected chi connectivity index (χ3v) is 2.43. The van der Waals surface area contributed by atoms with Gasteiger partial charge < -0.3 is 20.3 Å². The number of aromatic amines is 1. The molecule has 7 heteroatoms. The van der Waals surface area contributed by atoms with Gasteiger partial charge in [-0.1, -0.05) is 0 Å². The van der Waals surface area contributed by atoms with Crippen LogP contribution >= 0.6 is 0 Å². The number of rotatable bonds is 6. The summed E-state index contributed by atoms with van der Waals surface area (Å²) >= 11 is 0. The third kappa shape index (κ3) is 5.07. The smallest absolute Gasteiger partial charge is 0.341 e. The van der Waals surface area contributed by atoms with Crippen molar-refractivity contribution in [2.24, 2.45) is 0 Å². The summed E-state index contributed by atoms with van der Waals surface area (Å²) in [7, 11) is 3.80. The molecule has 1 aromatic rings. The third-order valence-electron chi connectivity index (χ3n) is 2.43. The number of carbonyl (C=O) groups is 2. The lowest BCUT2D eigenvalue weighted by Crippen LogP contribution is -2.30. The fourth-order valence-electron chi connectivity index (χ4n) is 1.38. The van der Waals surface area contributed by atoms with Crippen LogP contribution in [-0.4, -0.2) is 54.1 Å². The van der Waals surface area contributed by atoms with Crippen LogP contribution in [0.3, 0.4) is 0 Å². The molecule has 0 saturated carbocycles. The van der Waals surface area contributed by atoms with Crippen molar-refractivity contribution in [2.75, 3.05) is 27.2 Å². The zero-order valence-corrected chi connectivity index (χ0v) is 11.3. The highest BCUT2D eigenvalue weighted by molar-refractivity contribution is 5.91. The van der Waals surface area contributed by atoms with Gasteiger partial charge in [0.2, 0.25) is 5.91 Å². The number of carbonyl (C=O) groups excluding carboxylic acids is 1. The molecular weight excluding hydrogens is 262 g/mol. The Morgan fingerprint density at radius 1 is 1.40 bits per heavy atom. The molecule has 0 spiro atoms. The Morgan fingerprint density at radius 2 is 2.10 bits per heavy atom. The molecule has 0 unspecified atom stereocenters. The van der Waals surface area contributed by atoms with E-state index in [2.05, 4.69) is 10.3 Å². The Morgan fingerprint density at radius 3 is 2.65 bits per heavy atom. The molecule has 3 N–H and O–H groups in total. The first-order valence-corrected chi connectivity index (χ1v) is 5.97. The SMILES string of the molecule is CN(C)CCNC(=O)/C=C/c1ccc(C(=O)O)c(=O)[nH]1. The lowest BCUT2D eigenvalue weighted by atomic mass is 10.2. The molecule has 0 aromatic carbocycles. The standard InChI is InChI=1S/C13H17N3O4/c1-16(2)8-7-14-11(17)6-4-9-3-5-10(13(19)20)12(18)15-9/h3-6H,7-8H2,1-2H3,(H,14,17)(H,15,18)(H,19,20)/b6-4+. The van der Waals surface area contributed by atoms with Crippen molar-refractivity contribution >= 4 is 18.0 Å². The predicted octanol–water partition coefficient (Wildman–Crippen LogP) is -0.236. The highest BCUT2D eigenvalue weighted by Crippen LogP contribution is 1.97. The maximum absolute atomic E-state index is 11.5. The van der Waals surface area contributed by atoms with Crippen LogP contribution in [0.25, 0.3) is 6.08 Å². The molecule has 1 rings (SSSR count). The summed E-state index contributed by atoms with van der Waals surface area (Å²) < 4.78 is 0. The molecule has 0 aliphatic rings. The second-order valence-electron chi connectivity index (χ2n) is 4.39. The number of likely N-dealkylation sites (N-methyl/N-ethyl adjacent to an activating group) is 1. The lowest BCUT2D eigenvalue weighted by Gasteiger charge is -2.08. The lowest BCUT2D eigenvalue weighted by molar-refractivity contribution is -0.116. The van der Waals surface area contributed by atoms with Crippen LogP contribution in [-0.2, 0) is 4.79 Å². The Kier molecular flexibility index (Phi) is 5.67. The van der Waals surface area contributed by atoms with E-state index in [1.54, 1.807) is 0 Å². The van der Waals surface area contributed by atoms with E-state index in [-0.39, 0.29) is 11.5 Å². The first-order chi connectivity index (χ1) is 9.40. The summed E-state index contributed by atoms with van der Waals surface area (Å²) in [5.41, 5.74) is -0.673. The van der Waals surface area contributed by atoms with Gasteiger partial charge in [0.25, 0.3) is 5.56 Å². The van der Waals surface area contributed by atoms with Gasteiger partial charge in [-0.3, -0.25) is 9.59 Å². The molecular formula is C13H17N3O4. The van der Waals surface area contributed by atoms with E-state index in [1.807, 2.05) is 19.0 Å². The molecule has 0 saturated heterocycles. The molecule has 1 amide bonds. The van der Waals surface area contributed by atoms with Crippen molar-refractivity contribution in [1.82, 2.24) is 15.2 Å². The minimum absolute atomic E-state index is 0.282. The number of pyridine rings is 1. The van der Waals surface area contributed by atoms with Gasteiger partial charge in [-0.05, 0) is 32.3 Å². The van der Waals surface area contributed by atoms with Crippen molar-refractivity contribution in [3.05, 3.63) is 39.8 Å². The molecule has 108 valence electrons. The molecule has 0 fully saturated rings. The van der Waals surface area contributed by atoms with Crippen LogP contribution in [0.15, 0.2) is 23.0 Å². The molecule has 0 aliphatic carbocycles. The summed E-state index contributed by atoms with van der Waals surface area (Å²) in [5, 5.41) is 11.4. The number of carboxylic acid groups (broad SMARTS) is 1. The molecule has 0 bridgehead atoms.